The van der Waals surface area contributed by atoms with Gasteiger partial charge in [-0.1, -0.05) is 45.0 Å². The molecule has 37 heavy (non-hydrogen) atoms. The molecule has 0 spiro atoms. The largest absolute Gasteiger partial charge is 0.433 e. The highest BCUT2D eigenvalue weighted by molar-refractivity contribution is 5.92. The Kier molecular flexibility index (Phi) is 8.45. The standard InChI is InChI=1S/C26H33F3N6O2/c1-24(2,3)17-35(22-14-20(26(27,28)29)31-21(15-30)32-22)33-23(36)25(10-11-25)19-8-6-18(7-9-19)16-34(4)12-13-37-5/h6-9,14H,10-13,16-17H2,1-5H3,(H,33,36). The SMILES string of the molecule is COCCN(C)Cc1ccc(C2(C(=O)NN(CC(C)(C)C)c3cc(C(F)(F)F)nc(C#N)n3)CC2)cc1. The number of methoxy groups -OCH3 is 1. The fourth-order valence-electron chi connectivity index (χ4n) is 3.99. The van der Waals surface area contributed by atoms with Gasteiger partial charge in [-0.2, -0.15) is 23.4 Å². The normalized spacial score (nSPS) is 14.8. The Labute approximate surface area is 215 Å². The maximum absolute atomic E-state index is 13.5. The Balaban J connectivity index is 1.84. The molecular weight excluding hydrogens is 485 g/mol. The van der Waals surface area contributed by atoms with Gasteiger partial charge in [0, 0.05) is 32.8 Å². The number of likely N-dealkylation sites (N-methyl/N-ethyl adjacent to an activating group) is 1. The number of benzene rings is 1. The van der Waals surface area contributed by atoms with E-state index in [1.807, 2.05) is 52.1 Å². The summed E-state index contributed by atoms with van der Waals surface area (Å²) in [6.45, 7) is 7.99. The van der Waals surface area contributed by atoms with Crippen molar-refractivity contribution in [3.63, 3.8) is 0 Å². The van der Waals surface area contributed by atoms with Crippen LogP contribution in [0.15, 0.2) is 30.3 Å². The number of alkyl halides is 3. The van der Waals surface area contributed by atoms with E-state index in [0.717, 1.165) is 30.3 Å². The summed E-state index contributed by atoms with van der Waals surface area (Å²) in [6.07, 6.45) is -3.52. The number of nitriles is 1. The number of nitrogens with zero attached hydrogens (tertiary/aromatic N) is 5. The Hall–Kier alpha value is -3.23. The molecule has 0 radical (unpaired) electrons. The van der Waals surface area contributed by atoms with Gasteiger partial charge < -0.3 is 4.74 Å². The number of rotatable bonds is 10. The van der Waals surface area contributed by atoms with Gasteiger partial charge in [-0.25, -0.2) is 4.98 Å². The summed E-state index contributed by atoms with van der Waals surface area (Å²) in [5, 5.41) is 10.5. The molecule has 1 heterocycles. The topological polar surface area (TPSA) is 94.4 Å². The summed E-state index contributed by atoms with van der Waals surface area (Å²) in [5.74, 6) is -1.13. The lowest BCUT2D eigenvalue weighted by Gasteiger charge is -2.32. The predicted octanol–water partition coefficient (Wildman–Crippen LogP) is 4.06. The van der Waals surface area contributed by atoms with Gasteiger partial charge in [0.15, 0.2) is 11.5 Å². The summed E-state index contributed by atoms with van der Waals surface area (Å²) in [5.41, 5.74) is 2.32. The molecule has 2 aromatic rings. The van der Waals surface area contributed by atoms with Crippen molar-refractivity contribution in [1.82, 2.24) is 20.3 Å². The smallest absolute Gasteiger partial charge is 0.383 e. The first kappa shape index (κ1) is 28.3. The van der Waals surface area contributed by atoms with E-state index in [4.69, 9.17) is 4.74 Å². The van der Waals surface area contributed by atoms with E-state index in [0.29, 0.717) is 19.4 Å². The molecule has 0 bridgehead atoms. The molecule has 0 unspecified atom stereocenters. The van der Waals surface area contributed by atoms with Crippen LogP contribution in [-0.4, -0.2) is 54.6 Å². The molecule has 1 amide bonds. The Morgan fingerprint density at radius 2 is 1.84 bits per heavy atom. The van der Waals surface area contributed by atoms with Gasteiger partial charge >= 0.3 is 6.18 Å². The molecule has 0 atom stereocenters. The van der Waals surface area contributed by atoms with Gasteiger partial charge in [-0.05, 0) is 36.4 Å². The van der Waals surface area contributed by atoms with E-state index in [1.165, 1.54) is 5.01 Å². The van der Waals surface area contributed by atoms with Crippen LogP contribution in [0.25, 0.3) is 0 Å². The first-order valence-corrected chi connectivity index (χ1v) is 12.0. The third-order valence-corrected chi connectivity index (χ3v) is 6.07. The average molecular weight is 519 g/mol. The molecule has 1 fully saturated rings. The monoisotopic (exact) mass is 518 g/mol. The van der Waals surface area contributed by atoms with E-state index >= 15 is 0 Å². The molecule has 0 aliphatic heterocycles. The van der Waals surface area contributed by atoms with Crippen LogP contribution in [0.2, 0.25) is 0 Å². The van der Waals surface area contributed by atoms with Crippen molar-refractivity contribution in [3.05, 3.63) is 53.0 Å². The highest BCUT2D eigenvalue weighted by Gasteiger charge is 2.52. The van der Waals surface area contributed by atoms with Crippen LogP contribution in [0.5, 0.6) is 0 Å². The molecular formula is C26H33F3N6O2. The number of carbonyl (C=O) groups excluding carboxylic acids is 1. The van der Waals surface area contributed by atoms with Crippen LogP contribution in [-0.2, 0) is 27.7 Å². The zero-order valence-electron chi connectivity index (χ0n) is 21.8. The number of halogens is 3. The predicted molar refractivity (Wildman–Crippen MR) is 132 cm³/mol. The summed E-state index contributed by atoms with van der Waals surface area (Å²) in [6, 6.07) is 10.2. The summed E-state index contributed by atoms with van der Waals surface area (Å²) >= 11 is 0. The number of anilines is 1. The molecule has 1 aliphatic rings. The minimum Gasteiger partial charge on any atom is -0.383 e. The van der Waals surface area contributed by atoms with E-state index in [-0.39, 0.29) is 18.3 Å². The van der Waals surface area contributed by atoms with E-state index in [9.17, 15) is 23.2 Å². The molecule has 11 heteroatoms. The van der Waals surface area contributed by atoms with Gasteiger partial charge in [0.2, 0.25) is 11.7 Å². The van der Waals surface area contributed by atoms with E-state index < -0.39 is 28.5 Å². The Bertz CT molecular complexity index is 1130. The molecule has 1 N–H and O–H groups in total. The van der Waals surface area contributed by atoms with Gasteiger partial charge in [-0.3, -0.25) is 20.1 Å². The maximum atomic E-state index is 13.5. The number of carbonyl (C=O) groups is 1. The fourth-order valence-corrected chi connectivity index (χ4v) is 3.99. The molecule has 1 saturated carbocycles. The first-order valence-electron chi connectivity index (χ1n) is 12.0. The quantitative estimate of drug-likeness (QED) is 0.474. The van der Waals surface area contributed by atoms with Crippen molar-refractivity contribution < 1.29 is 22.7 Å². The lowest BCUT2D eigenvalue weighted by molar-refractivity contribution is -0.141. The average Bonchev–Trinajstić information content (AvgIpc) is 3.63. The van der Waals surface area contributed by atoms with Crippen molar-refractivity contribution in [2.75, 3.05) is 38.9 Å². The van der Waals surface area contributed by atoms with E-state index in [1.54, 1.807) is 13.2 Å². The maximum Gasteiger partial charge on any atom is 0.433 e. The molecule has 3 rings (SSSR count). The van der Waals surface area contributed by atoms with Crippen LogP contribution in [0.1, 0.15) is 56.3 Å². The van der Waals surface area contributed by atoms with Crippen molar-refractivity contribution >= 4 is 11.7 Å². The highest BCUT2D eigenvalue weighted by atomic mass is 19.4. The van der Waals surface area contributed by atoms with Crippen molar-refractivity contribution in [3.8, 4) is 6.07 Å². The van der Waals surface area contributed by atoms with Crippen LogP contribution in [0.3, 0.4) is 0 Å². The van der Waals surface area contributed by atoms with Gasteiger partial charge in [0.25, 0.3) is 0 Å². The minimum atomic E-state index is -4.77. The second-order valence-corrected chi connectivity index (χ2v) is 10.6. The zero-order valence-corrected chi connectivity index (χ0v) is 21.8. The highest BCUT2D eigenvalue weighted by Crippen LogP contribution is 2.48. The number of hydrazine groups is 1. The fraction of sp³-hybridized carbons (Fsp3) is 0.538. The third-order valence-electron chi connectivity index (χ3n) is 6.07. The van der Waals surface area contributed by atoms with Crippen LogP contribution >= 0.6 is 0 Å². The van der Waals surface area contributed by atoms with Gasteiger partial charge in [0.1, 0.15) is 6.07 Å². The van der Waals surface area contributed by atoms with Crippen molar-refractivity contribution in [1.29, 1.82) is 5.26 Å². The van der Waals surface area contributed by atoms with Crippen LogP contribution in [0.4, 0.5) is 19.0 Å². The second-order valence-electron chi connectivity index (χ2n) is 10.6. The first-order chi connectivity index (χ1) is 17.3. The number of nitrogens with one attached hydrogen (secondary N) is 1. The Morgan fingerprint density at radius 3 is 2.35 bits per heavy atom. The lowest BCUT2D eigenvalue weighted by Crippen LogP contribution is -2.50. The van der Waals surface area contributed by atoms with Gasteiger partial charge in [-0.15, -0.1) is 0 Å². The van der Waals surface area contributed by atoms with Gasteiger partial charge in [0.05, 0.1) is 12.0 Å². The Morgan fingerprint density at radius 1 is 1.19 bits per heavy atom. The summed E-state index contributed by atoms with van der Waals surface area (Å²) in [7, 11) is 3.66. The number of amides is 1. The third kappa shape index (κ3) is 7.40. The number of aromatic nitrogens is 2. The molecule has 200 valence electrons. The van der Waals surface area contributed by atoms with Crippen LogP contribution in [0, 0.1) is 16.7 Å². The number of ether oxygens (including phenoxy) is 1. The van der Waals surface area contributed by atoms with Crippen molar-refractivity contribution in [2.45, 2.75) is 51.7 Å². The molecule has 1 aliphatic carbocycles. The van der Waals surface area contributed by atoms with Crippen molar-refractivity contribution in [2.24, 2.45) is 5.41 Å². The molecule has 1 aromatic carbocycles. The minimum absolute atomic E-state index is 0.167. The second kappa shape index (κ2) is 11.0. The zero-order chi connectivity index (χ0) is 27.4. The number of hydrogen-bond acceptors (Lipinski definition) is 7. The van der Waals surface area contributed by atoms with Crippen LogP contribution < -0.4 is 10.4 Å². The molecule has 0 saturated heterocycles. The molecule has 8 nitrogen and oxygen atoms in total. The summed E-state index contributed by atoms with van der Waals surface area (Å²) in [4.78, 5) is 22.9. The molecule has 1 aromatic heterocycles. The lowest BCUT2D eigenvalue weighted by atomic mass is 9.94. The number of hydrogen-bond donors (Lipinski definition) is 1. The van der Waals surface area contributed by atoms with E-state index in [2.05, 4.69) is 20.3 Å². The summed E-state index contributed by atoms with van der Waals surface area (Å²) < 4.78 is 45.4.